The predicted molar refractivity (Wildman–Crippen MR) is 70.3 cm³/mol. The lowest BCUT2D eigenvalue weighted by atomic mass is 10.2. The highest BCUT2D eigenvalue weighted by Crippen LogP contribution is 2.22. The van der Waals surface area contributed by atoms with Crippen molar-refractivity contribution >= 4 is 22.5 Å². The second-order valence-corrected chi connectivity index (χ2v) is 6.28. The Morgan fingerprint density at radius 2 is 1.24 bits per heavy atom. The van der Waals surface area contributed by atoms with E-state index in [2.05, 4.69) is 12.6 Å². The van der Waals surface area contributed by atoms with Crippen LogP contribution in [0.1, 0.15) is 5.56 Å². The monoisotopic (exact) mass is 264 g/mol. The second kappa shape index (κ2) is 4.55. The van der Waals surface area contributed by atoms with Crippen LogP contribution in [-0.2, 0) is 9.84 Å². The van der Waals surface area contributed by atoms with Crippen LogP contribution in [0.25, 0.3) is 0 Å². The van der Waals surface area contributed by atoms with Crippen molar-refractivity contribution in [3.8, 4) is 0 Å². The number of hydrogen-bond donors (Lipinski definition) is 1. The summed E-state index contributed by atoms with van der Waals surface area (Å²) >= 11 is 4.13. The Hall–Kier alpha value is -1.26. The van der Waals surface area contributed by atoms with Gasteiger partial charge in [-0.1, -0.05) is 17.7 Å². The first-order valence-electron chi connectivity index (χ1n) is 5.11. The summed E-state index contributed by atoms with van der Waals surface area (Å²) in [6, 6.07) is 13.3. The number of hydrogen-bond acceptors (Lipinski definition) is 3. The van der Waals surface area contributed by atoms with E-state index in [-0.39, 0.29) is 0 Å². The van der Waals surface area contributed by atoms with Crippen molar-refractivity contribution in [2.45, 2.75) is 21.6 Å². The van der Waals surface area contributed by atoms with E-state index in [0.717, 1.165) is 10.5 Å². The third kappa shape index (κ3) is 2.53. The van der Waals surface area contributed by atoms with Gasteiger partial charge in [-0.05, 0) is 43.3 Å². The fourth-order valence-corrected chi connectivity index (χ4v) is 2.89. The lowest BCUT2D eigenvalue weighted by Crippen LogP contribution is -2.01. The number of thiol groups is 1. The number of sulfone groups is 1. The smallest absolute Gasteiger partial charge is 0.206 e. The van der Waals surface area contributed by atoms with Crippen LogP contribution in [-0.4, -0.2) is 8.42 Å². The van der Waals surface area contributed by atoms with E-state index in [4.69, 9.17) is 0 Å². The second-order valence-electron chi connectivity index (χ2n) is 3.81. The molecule has 2 aromatic rings. The van der Waals surface area contributed by atoms with Crippen molar-refractivity contribution in [2.75, 3.05) is 0 Å². The van der Waals surface area contributed by atoms with Crippen LogP contribution in [0.2, 0.25) is 0 Å². The Morgan fingerprint density at radius 1 is 0.824 bits per heavy atom. The van der Waals surface area contributed by atoms with Crippen molar-refractivity contribution in [1.29, 1.82) is 0 Å². The van der Waals surface area contributed by atoms with Gasteiger partial charge in [-0.3, -0.25) is 0 Å². The van der Waals surface area contributed by atoms with E-state index in [1.165, 1.54) is 0 Å². The van der Waals surface area contributed by atoms with Crippen molar-refractivity contribution < 1.29 is 8.42 Å². The average Bonchev–Trinajstić information content (AvgIpc) is 2.30. The zero-order valence-corrected chi connectivity index (χ0v) is 11.0. The maximum Gasteiger partial charge on any atom is 0.206 e. The van der Waals surface area contributed by atoms with Crippen LogP contribution in [0.15, 0.2) is 63.2 Å². The Labute approximate surface area is 107 Å². The molecule has 0 aliphatic rings. The molecular weight excluding hydrogens is 252 g/mol. The molecule has 2 nitrogen and oxygen atoms in total. The van der Waals surface area contributed by atoms with Crippen molar-refractivity contribution in [3.63, 3.8) is 0 Å². The van der Waals surface area contributed by atoms with Gasteiger partial charge in [0.05, 0.1) is 9.79 Å². The molecule has 0 fully saturated rings. The summed E-state index contributed by atoms with van der Waals surface area (Å²) in [5.41, 5.74) is 1.04. The van der Waals surface area contributed by atoms with Crippen LogP contribution in [0.4, 0.5) is 0 Å². The average molecular weight is 264 g/mol. The lowest BCUT2D eigenvalue weighted by Gasteiger charge is -2.05. The summed E-state index contributed by atoms with van der Waals surface area (Å²) < 4.78 is 24.5. The molecule has 0 radical (unpaired) electrons. The SMILES string of the molecule is Cc1ccc(S(=O)(=O)c2ccc(S)cc2)cc1. The van der Waals surface area contributed by atoms with E-state index in [0.29, 0.717) is 9.79 Å². The lowest BCUT2D eigenvalue weighted by molar-refractivity contribution is 0.596. The first-order chi connectivity index (χ1) is 8.00. The Bertz CT molecular complexity index is 560. The quantitative estimate of drug-likeness (QED) is 0.846. The van der Waals surface area contributed by atoms with Gasteiger partial charge in [-0.25, -0.2) is 8.42 Å². The van der Waals surface area contributed by atoms with Crippen LogP contribution in [0, 0.1) is 6.92 Å². The number of rotatable bonds is 2. The standard InChI is InChI=1S/C13H12O2S2/c1-10-2-6-12(7-3-10)17(14,15)13-8-4-11(16)5-9-13/h2-9,16H,1H3. The molecule has 88 valence electrons. The largest absolute Gasteiger partial charge is 0.219 e. The van der Waals surface area contributed by atoms with Crippen molar-refractivity contribution in [1.82, 2.24) is 0 Å². The third-order valence-electron chi connectivity index (χ3n) is 2.48. The van der Waals surface area contributed by atoms with Gasteiger partial charge in [-0.15, -0.1) is 12.6 Å². The van der Waals surface area contributed by atoms with Crippen LogP contribution >= 0.6 is 12.6 Å². The van der Waals surface area contributed by atoms with Gasteiger partial charge in [0, 0.05) is 4.90 Å². The van der Waals surface area contributed by atoms with E-state index in [9.17, 15) is 8.42 Å². The molecule has 0 N–H and O–H groups in total. The zero-order valence-electron chi connectivity index (χ0n) is 9.29. The minimum Gasteiger partial charge on any atom is -0.219 e. The van der Waals surface area contributed by atoms with E-state index in [1.807, 2.05) is 6.92 Å². The Kier molecular flexibility index (Phi) is 3.26. The first-order valence-corrected chi connectivity index (χ1v) is 7.04. The molecule has 4 heteroatoms. The maximum atomic E-state index is 12.2. The van der Waals surface area contributed by atoms with Crippen molar-refractivity contribution in [3.05, 3.63) is 54.1 Å². The molecule has 0 heterocycles. The summed E-state index contributed by atoms with van der Waals surface area (Å²) in [7, 11) is -3.41. The normalized spacial score (nSPS) is 11.4. The van der Waals surface area contributed by atoms with Gasteiger partial charge in [0.2, 0.25) is 9.84 Å². The third-order valence-corrected chi connectivity index (χ3v) is 4.56. The summed E-state index contributed by atoms with van der Waals surface area (Å²) in [5.74, 6) is 0. The van der Waals surface area contributed by atoms with Gasteiger partial charge in [0.15, 0.2) is 0 Å². The highest BCUT2D eigenvalue weighted by Gasteiger charge is 2.16. The minimum absolute atomic E-state index is 0.291. The fourth-order valence-electron chi connectivity index (χ4n) is 1.48. The molecule has 0 aliphatic heterocycles. The molecule has 0 atom stereocenters. The minimum atomic E-state index is -3.41. The van der Waals surface area contributed by atoms with Gasteiger partial charge in [-0.2, -0.15) is 0 Å². The zero-order chi connectivity index (χ0) is 12.5. The summed E-state index contributed by atoms with van der Waals surface area (Å²) in [6.45, 7) is 1.92. The summed E-state index contributed by atoms with van der Waals surface area (Å²) in [4.78, 5) is 1.35. The molecule has 0 spiro atoms. The first kappa shape index (κ1) is 12.2. The highest BCUT2D eigenvalue weighted by molar-refractivity contribution is 7.91. The van der Waals surface area contributed by atoms with Gasteiger partial charge in [0.25, 0.3) is 0 Å². The highest BCUT2D eigenvalue weighted by atomic mass is 32.2. The van der Waals surface area contributed by atoms with Crippen molar-refractivity contribution in [2.24, 2.45) is 0 Å². The van der Waals surface area contributed by atoms with Gasteiger partial charge in [0.1, 0.15) is 0 Å². The fraction of sp³-hybridized carbons (Fsp3) is 0.0769. The van der Waals surface area contributed by atoms with E-state index < -0.39 is 9.84 Å². The number of benzene rings is 2. The predicted octanol–water partition coefficient (Wildman–Crippen LogP) is 3.12. The Morgan fingerprint density at radius 3 is 1.71 bits per heavy atom. The Balaban J connectivity index is 2.50. The molecule has 0 unspecified atom stereocenters. The van der Waals surface area contributed by atoms with Crippen LogP contribution in [0.5, 0.6) is 0 Å². The molecule has 0 bridgehead atoms. The van der Waals surface area contributed by atoms with E-state index >= 15 is 0 Å². The topological polar surface area (TPSA) is 34.1 Å². The molecule has 17 heavy (non-hydrogen) atoms. The molecule has 0 aromatic heterocycles. The molecule has 2 aromatic carbocycles. The van der Waals surface area contributed by atoms with Gasteiger partial charge < -0.3 is 0 Å². The summed E-state index contributed by atoms with van der Waals surface area (Å²) in [6.07, 6.45) is 0. The van der Waals surface area contributed by atoms with Gasteiger partial charge >= 0.3 is 0 Å². The molecule has 0 aliphatic carbocycles. The maximum absolute atomic E-state index is 12.2. The van der Waals surface area contributed by atoms with Crippen LogP contribution in [0.3, 0.4) is 0 Å². The molecule has 0 amide bonds. The van der Waals surface area contributed by atoms with E-state index in [1.54, 1.807) is 48.5 Å². The molecule has 0 saturated carbocycles. The van der Waals surface area contributed by atoms with Crippen LogP contribution < -0.4 is 0 Å². The molecule has 2 rings (SSSR count). The number of aryl methyl sites for hydroxylation is 1. The summed E-state index contributed by atoms with van der Waals surface area (Å²) in [5, 5.41) is 0. The molecule has 0 saturated heterocycles. The molecular formula is C13H12O2S2.